The number of rotatable bonds is 6. The van der Waals surface area contributed by atoms with Crippen molar-refractivity contribution in [2.45, 2.75) is 46.0 Å². The first kappa shape index (κ1) is 21.3. The molecule has 0 aliphatic carbocycles. The number of nitrogens with one attached hydrogen (secondary N) is 2. The van der Waals surface area contributed by atoms with Crippen LogP contribution in [0.3, 0.4) is 0 Å². The Labute approximate surface area is 165 Å². The summed E-state index contributed by atoms with van der Waals surface area (Å²) in [5.74, 6) is 0.678. The molecule has 2 N–H and O–H groups in total. The van der Waals surface area contributed by atoms with Gasteiger partial charge in [0.25, 0.3) is 0 Å². The van der Waals surface area contributed by atoms with Gasteiger partial charge in [-0.1, -0.05) is 29.4 Å². The highest BCUT2D eigenvalue weighted by Gasteiger charge is 2.19. The number of benzene rings is 1. The molecule has 1 aromatic heterocycles. The van der Waals surface area contributed by atoms with E-state index in [-0.39, 0.29) is 6.09 Å². The SMILES string of the molecule is CN=C(NCc1ccc(CN(C)C(=O)OC(C)(C)C)cc1)NCc1ccon1. The molecule has 0 aliphatic rings. The van der Waals surface area contributed by atoms with E-state index in [1.165, 1.54) is 6.26 Å². The molecule has 28 heavy (non-hydrogen) atoms. The van der Waals surface area contributed by atoms with Crippen molar-refractivity contribution in [3.05, 3.63) is 53.4 Å². The fourth-order valence-corrected chi connectivity index (χ4v) is 2.35. The molecule has 152 valence electrons. The molecule has 0 saturated heterocycles. The number of guanidine groups is 1. The number of carbonyl (C=O) groups is 1. The van der Waals surface area contributed by atoms with Gasteiger partial charge in [-0.3, -0.25) is 4.99 Å². The molecule has 0 unspecified atom stereocenters. The largest absolute Gasteiger partial charge is 0.444 e. The number of ether oxygens (including phenoxy) is 1. The van der Waals surface area contributed by atoms with Crippen molar-refractivity contribution in [1.29, 1.82) is 0 Å². The van der Waals surface area contributed by atoms with Crippen molar-refractivity contribution < 1.29 is 14.1 Å². The minimum atomic E-state index is -0.499. The van der Waals surface area contributed by atoms with Gasteiger partial charge in [0.15, 0.2) is 5.96 Å². The molecule has 8 heteroatoms. The maximum atomic E-state index is 12.1. The Kier molecular flexibility index (Phi) is 7.43. The number of hydrogen-bond donors (Lipinski definition) is 2. The van der Waals surface area contributed by atoms with Crippen molar-refractivity contribution in [3.63, 3.8) is 0 Å². The lowest BCUT2D eigenvalue weighted by Gasteiger charge is -2.24. The summed E-state index contributed by atoms with van der Waals surface area (Å²) in [6.07, 6.45) is 1.20. The van der Waals surface area contributed by atoms with Crippen LogP contribution in [0, 0.1) is 0 Å². The number of carbonyl (C=O) groups excluding carboxylic acids is 1. The molecule has 0 aliphatic heterocycles. The normalized spacial score (nSPS) is 11.8. The van der Waals surface area contributed by atoms with Gasteiger partial charge in [0.1, 0.15) is 17.6 Å². The summed E-state index contributed by atoms with van der Waals surface area (Å²) < 4.78 is 10.2. The average Bonchev–Trinajstić information content (AvgIpc) is 3.15. The minimum Gasteiger partial charge on any atom is -0.444 e. The molecule has 0 bridgehead atoms. The second kappa shape index (κ2) is 9.77. The smallest absolute Gasteiger partial charge is 0.410 e. The van der Waals surface area contributed by atoms with Crippen LogP contribution in [0.25, 0.3) is 0 Å². The predicted octanol–water partition coefficient (Wildman–Crippen LogP) is 2.91. The van der Waals surface area contributed by atoms with Gasteiger partial charge in [0, 0.05) is 33.3 Å². The van der Waals surface area contributed by atoms with Gasteiger partial charge < -0.3 is 24.8 Å². The van der Waals surface area contributed by atoms with E-state index in [1.54, 1.807) is 25.1 Å². The van der Waals surface area contributed by atoms with E-state index in [9.17, 15) is 4.79 Å². The van der Waals surface area contributed by atoms with Gasteiger partial charge in [-0.25, -0.2) is 4.79 Å². The Morgan fingerprint density at radius 2 is 1.79 bits per heavy atom. The van der Waals surface area contributed by atoms with E-state index in [1.807, 2.05) is 45.0 Å². The van der Waals surface area contributed by atoms with E-state index in [0.717, 1.165) is 16.8 Å². The molecule has 8 nitrogen and oxygen atoms in total. The highest BCUT2D eigenvalue weighted by Crippen LogP contribution is 2.12. The van der Waals surface area contributed by atoms with Gasteiger partial charge in [-0.05, 0) is 31.9 Å². The van der Waals surface area contributed by atoms with Gasteiger partial charge in [0.05, 0.1) is 6.54 Å². The van der Waals surface area contributed by atoms with Crippen molar-refractivity contribution in [2.75, 3.05) is 14.1 Å². The van der Waals surface area contributed by atoms with E-state index in [2.05, 4.69) is 20.8 Å². The zero-order chi connectivity index (χ0) is 20.6. The van der Waals surface area contributed by atoms with Crippen LogP contribution in [0.15, 0.2) is 46.1 Å². The fraction of sp³-hybridized carbons (Fsp3) is 0.450. The first-order valence-electron chi connectivity index (χ1n) is 9.12. The van der Waals surface area contributed by atoms with Crippen LogP contribution in [0.1, 0.15) is 37.6 Å². The van der Waals surface area contributed by atoms with Crippen molar-refractivity contribution >= 4 is 12.1 Å². The van der Waals surface area contributed by atoms with Crippen molar-refractivity contribution in [2.24, 2.45) is 4.99 Å². The fourth-order valence-electron chi connectivity index (χ4n) is 2.35. The molecule has 1 amide bonds. The summed E-state index contributed by atoms with van der Waals surface area (Å²) in [5, 5.41) is 10.3. The van der Waals surface area contributed by atoms with Crippen LogP contribution in [0.4, 0.5) is 4.79 Å². The number of amides is 1. The number of hydrogen-bond acceptors (Lipinski definition) is 5. The molecule has 2 aromatic rings. The van der Waals surface area contributed by atoms with Gasteiger partial charge >= 0.3 is 6.09 Å². The lowest BCUT2D eigenvalue weighted by atomic mass is 10.1. The second-order valence-corrected chi connectivity index (χ2v) is 7.42. The molecule has 0 spiro atoms. The van der Waals surface area contributed by atoms with E-state index < -0.39 is 5.60 Å². The lowest BCUT2D eigenvalue weighted by Crippen LogP contribution is -2.36. The molecule has 0 fully saturated rings. The summed E-state index contributed by atoms with van der Waals surface area (Å²) in [6, 6.07) is 9.85. The van der Waals surface area contributed by atoms with Crippen LogP contribution in [-0.4, -0.2) is 41.8 Å². The van der Waals surface area contributed by atoms with Gasteiger partial charge in [-0.2, -0.15) is 0 Å². The summed E-state index contributed by atoms with van der Waals surface area (Å²) in [7, 11) is 3.45. The lowest BCUT2D eigenvalue weighted by molar-refractivity contribution is 0.0285. The molecule has 2 rings (SSSR count). The Bertz CT molecular complexity index is 764. The molecular formula is C20H29N5O3. The molecular weight excluding hydrogens is 358 g/mol. The monoisotopic (exact) mass is 387 g/mol. The highest BCUT2D eigenvalue weighted by molar-refractivity contribution is 5.79. The molecule has 0 radical (unpaired) electrons. The van der Waals surface area contributed by atoms with Crippen LogP contribution in [0.5, 0.6) is 0 Å². The highest BCUT2D eigenvalue weighted by atomic mass is 16.6. The average molecular weight is 387 g/mol. The van der Waals surface area contributed by atoms with E-state index >= 15 is 0 Å². The predicted molar refractivity (Wildman–Crippen MR) is 108 cm³/mol. The Hall–Kier alpha value is -3.03. The topological polar surface area (TPSA) is 92.0 Å². The van der Waals surface area contributed by atoms with Crippen LogP contribution < -0.4 is 10.6 Å². The van der Waals surface area contributed by atoms with E-state index in [0.29, 0.717) is 25.6 Å². The zero-order valence-corrected chi connectivity index (χ0v) is 17.2. The van der Waals surface area contributed by atoms with Crippen molar-refractivity contribution in [1.82, 2.24) is 20.7 Å². The minimum absolute atomic E-state index is 0.333. The molecule has 1 heterocycles. The maximum absolute atomic E-state index is 12.1. The first-order chi connectivity index (χ1) is 13.3. The van der Waals surface area contributed by atoms with Crippen LogP contribution in [0.2, 0.25) is 0 Å². The van der Waals surface area contributed by atoms with Crippen LogP contribution >= 0.6 is 0 Å². The third-order valence-corrected chi connectivity index (χ3v) is 3.76. The Balaban J connectivity index is 1.80. The maximum Gasteiger partial charge on any atom is 0.410 e. The molecule has 1 aromatic carbocycles. The standard InChI is InChI=1S/C20H29N5O3/c1-20(2,3)28-19(26)25(5)14-16-8-6-15(7-9-16)12-22-18(21-4)23-13-17-10-11-27-24-17/h6-11H,12-14H2,1-5H3,(H2,21,22,23). The summed E-state index contributed by atoms with van der Waals surface area (Å²) in [4.78, 5) is 17.8. The summed E-state index contributed by atoms with van der Waals surface area (Å²) in [6.45, 7) is 7.22. The summed E-state index contributed by atoms with van der Waals surface area (Å²) in [5.41, 5.74) is 2.45. The number of aromatic nitrogens is 1. The quantitative estimate of drug-likeness (QED) is 0.585. The summed E-state index contributed by atoms with van der Waals surface area (Å²) >= 11 is 0. The van der Waals surface area contributed by atoms with Crippen molar-refractivity contribution in [3.8, 4) is 0 Å². The molecule has 0 atom stereocenters. The number of nitrogens with zero attached hydrogens (tertiary/aromatic N) is 3. The van der Waals surface area contributed by atoms with Gasteiger partial charge in [-0.15, -0.1) is 0 Å². The number of aliphatic imine (C=N–C) groups is 1. The molecule has 0 saturated carbocycles. The zero-order valence-electron chi connectivity index (χ0n) is 17.2. The third-order valence-electron chi connectivity index (χ3n) is 3.76. The van der Waals surface area contributed by atoms with Crippen LogP contribution in [-0.2, 0) is 24.4 Å². The first-order valence-corrected chi connectivity index (χ1v) is 9.12. The third kappa shape index (κ3) is 7.30. The van der Waals surface area contributed by atoms with E-state index in [4.69, 9.17) is 9.26 Å². The van der Waals surface area contributed by atoms with Gasteiger partial charge in [0.2, 0.25) is 0 Å². The Morgan fingerprint density at radius 3 is 2.36 bits per heavy atom. The Morgan fingerprint density at radius 1 is 1.14 bits per heavy atom. The second-order valence-electron chi connectivity index (χ2n) is 7.42.